The Morgan fingerprint density at radius 1 is 0.929 bits per heavy atom. The van der Waals surface area contributed by atoms with E-state index in [-0.39, 0.29) is 5.25 Å². The van der Waals surface area contributed by atoms with Crippen molar-refractivity contribution in [2.45, 2.75) is 29.4 Å². The molecule has 2 aliphatic rings. The van der Waals surface area contributed by atoms with Gasteiger partial charge in [0.1, 0.15) is 0 Å². The minimum atomic E-state index is -1.11. The molecule has 1 aliphatic heterocycles. The number of allylic oxidation sites excluding steroid dienone is 3. The van der Waals surface area contributed by atoms with Crippen LogP contribution >= 0.6 is 0 Å². The molecule has 1 heterocycles. The summed E-state index contributed by atoms with van der Waals surface area (Å²) in [6.07, 6.45) is 9.11. The lowest BCUT2D eigenvalue weighted by Crippen LogP contribution is -2.22. The van der Waals surface area contributed by atoms with Gasteiger partial charge in [-0.15, -0.1) is 0 Å². The van der Waals surface area contributed by atoms with Gasteiger partial charge in [0, 0.05) is 12.1 Å². The van der Waals surface area contributed by atoms with E-state index in [1.165, 1.54) is 16.3 Å². The lowest BCUT2D eigenvalue weighted by Gasteiger charge is -2.20. The van der Waals surface area contributed by atoms with Crippen LogP contribution in [0.2, 0.25) is 0 Å². The largest absolute Gasteiger partial charge is 0.254 e. The van der Waals surface area contributed by atoms with E-state index in [1.807, 2.05) is 24.3 Å². The minimum Gasteiger partial charge on any atom is -0.254 e. The number of rotatable bonds is 2. The summed E-state index contributed by atoms with van der Waals surface area (Å²) < 4.78 is 13.5. The Hall–Kier alpha value is -2.78. The molecule has 5 rings (SSSR count). The molecular weight excluding hydrogens is 362 g/mol. The highest BCUT2D eigenvalue weighted by Gasteiger charge is 2.29. The number of nitrogens with zero attached hydrogens (tertiary/aromatic N) is 1. The molecule has 3 heteroatoms. The number of hydrogen-bond donors (Lipinski definition) is 0. The van der Waals surface area contributed by atoms with Crippen LogP contribution in [0.15, 0.2) is 100 Å². The van der Waals surface area contributed by atoms with Crippen molar-refractivity contribution in [1.29, 1.82) is 0 Å². The number of hydrogen-bond acceptors (Lipinski definition) is 2. The van der Waals surface area contributed by atoms with Crippen molar-refractivity contribution in [3.05, 3.63) is 96.1 Å². The maximum absolute atomic E-state index is 13.5. The molecule has 0 amide bonds. The van der Waals surface area contributed by atoms with Gasteiger partial charge >= 0.3 is 0 Å². The summed E-state index contributed by atoms with van der Waals surface area (Å²) in [5.41, 5.74) is 4.23. The van der Waals surface area contributed by atoms with E-state index < -0.39 is 10.8 Å². The molecule has 0 radical (unpaired) electrons. The number of aliphatic imine (C=N–C) groups is 1. The van der Waals surface area contributed by atoms with Gasteiger partial charge in [-0.1, -0.05) is 72.3 Å². The fraction of sp³-hybridized carbons (Fsp3) is 0.160. The van der Waals surface area contributed by atoms with Gasteiger partial charge in [-0.25, -0.2) is 0 Å². The summed E-state index contributed by atoms with van der Waals surface area (Å²) in [5.74, 6) is 0. The molecule has 3 aromatic carbocycles. The first-order chi connectivity index (χ1) is 13.8. The monoisotopic (exact) mass is 383 g/mol. The van der Waals surface area contributed by atoms with Crippen LogP contribution in [0.1, 0.15) is 24.8 Å². The number of benzene rings is 3. The highest BCUT2D eigenvalue weighted by Crippen LogP contribution is 2.35. The van der Waals surface area contributed by atoms with Crippen LogP contribution in [0.5, 0.6) is 0 Å². The first-order valence-corrected chi connectivity index (χ1v) is 10.9. The number of fused-ring (bicyclic) bond motifs is 2. The van der Waals surface area contributed by atoms with Crippen LogP contribution in [0.3, 0.4) is 0 Å². The molecule has 138 valence electrons. The van der Waals surface area contributed by atoms with E-state index >= 15 is 0 Å². The van der Waals surface area contributed by atoms with E-state index in [4.69, 9.17) is 4.99 Å². The third kappa shape index (κ3) is 3.16. The Bertz CT molecular complexity index is 1170. The summed E-state index contributed by atoms with van der Waals surface area (Å²) in [6, 6.07) is 22.8. The van der Waals surface area contributed by atoms with Crippen LogP contribution in [-0.2, 0) is 10.8 Å². The second kappa shape index (κ2) is 7.33. The first-order valence-electron chi connectivity index (χ1n) is 9.71. The minimum absolute atomic E-state index is 0.0289. The van der Waals surface area contributed by atoms with E-state index in [9.17, 15) is 4.21 Å². The summed E-state index contributed by atoms with van der Waals surface area (Å²) >= 11 is 0. The van der Waals surface area contributed by atoms with E-state index in [0.29, 0.717) is 6.42 Å². The van der Waals surface area contributed by atoms with Gasteiger partial charge < -0.3 is 0 Å². The molecule has 1 aliphatic carbocycles. The van der Waals surface area contributed by atoms with Crippen molar-refractivity contribution in [3.63, 3.8) is 0 Å². The molecule has 3 aromatic rings. The predicted molar refractivity (Wildman–Crippen MR) is 118 cm³/mol. The molecule has 0 saturated carbocycles. The molecule has 0 unspecified atom stereocenters. The van der Waals surface area contributed by atoms with Gasteiger partial charge in [0.05, 0.1) is 26.6 Å². The Morgan fingerprint density at radius 2 is 1.75 bits per heavy atom. The van der Waals surface area contributed by atoms with Crippen LogP contribution in [0.4, 0.5) is 5.69 Å². The molecule has 0 N–H and O–H groups in total. The average Bonchev–Trinajstić information content (AvgIpc) is 2.91. The van der Waals surface area contributed by atoms with Crippen molar-refractivity contribution in [3.8, 4) is 0 Å². The molecule has 28 heavy (non-hydrogen) atoms. The van der Waals surface area contributed by atoms with Crippen molar-refractivity contribution < 1.29 is 4.21 Å². The Kier molecular flexibility index (Phi) is 4.53. The van der Waals surface area contributed by atoms with Gasteiger partial charge in [-0.3, -0.25) is 9.20 Å². The van der Waals surface area contributed by atoms with Crippen molar-refractivity contribution in [2.75, 3.05) is 0 Å². The summed E-state index contributed by atoms with van der Waals surface area (Å²) in [4.78, 5) is 5.84. The first kappa shape index (κ1) is 17.3. The molecule has 0 aromatic heterocycles. The maximum Gasteiger partial charge on any atom is 0.0794 e. The zero-order valence-corrected chi connectivity index (χ0v) is 16.4. The summed E-state index contributed by atoms with van der Waals surface area (Å²) in [5, 5.41) is 2.40. The SMILES string of the molecule is O=[S@@]1c2ccccc2N=C(c2ccc3ccccc3c2)C[C@@H]1C1=CC=CCC1. The molecule has 0 fully saturated rings. The summed E-state index contributed by atoms with van der Waals surface area (Å²) in [7, 11) is -1.11. The lowest BCUT2D eigenvalue weighted by atomic mass is 9.95. The highest BCUT2D eigenvalue weighted by atomic mass is 32.2. The van der Waals surface area contributed by atoms with Gasteiger partial charge in [0.2, 0.25) is 0 Å². The molecule has 0 spiro atoms. The predicted octanol–water partition coefficient (Wildman–Crippen LogP) is 6.12. The molecule has 2 atom stereocenters. The normalized spacial score (nSPS) is 21.6. The quantitative estimate of drug-likeness (QED) is 0.524. The molecule has 0 saturated heterocycles. The Labute approximate surface area is 167 Å². The fourth-order valence-corrected chi connectivity index (χ4v) is 5.64. The fourth-order valence-electron chi connectivity index (χ4n) is 4.02. The van der Waals surface area contributed by atoms with Crippen LogP contribution in [0, 0.1) is 0 Å². The van der Waals surface area contributed by atoms with Gasteiger partial charge in [-0.2, -0.15) is 0 Å². The topological polar surface area (TPSA) is 29.4 Å². The third-order valence-electron chi connectivity index (χ3n) is 5.52. The molecule has 2 nitrogen and oxygen atoms in total. The smallest absolute Gasteiger partial charge is 0.0794 e. The lowest BCUT2D eigenvalue weighted by molar-refractivity contribution is 0.674. The molecular formula is C25H21NOS. The van der Waals surface area contributed by atoms with Crippen LogP contribution in [0.25, 0.3) is 10.8 Å². The molecule has 0 bridgehead atoms. The second-order valence-corrected chi connectivity index (χ2v) is 8.89. The second-order valence-electron chi connectivity index (χ2n) is 7.29. The standard InChI is InChI=1S/C25H21NOS/c27-28-24-13-7-6-12-22(24)26-23(17-25(28)19-9-2-1-3-10-19)21-15-14-18-8-4-5-11-20(18)16-21/h1-2,4-9,11-16,25H,3,10,17H2/t25-,28-/m1/s1. The third-order valence-corrected chi connectivity index (χ3v) is 7.28. The van der Waals surface area contributed by atoms with Crippen molar-refractivity contribution in [2.24, 2.45) is 4.99 Å². The van der Waals surface area contributed by atoms with E-state index in [1.54, 1.807) is 0 Å². The average molecular weight is 384 g/mol. The summed E-state index contributed by atoms with van der Waals surface area (Å²) in [6.45, 7) is 0. The number of para-hydroxylation sites is 1. The van der Waals surface area contributed by atoms with Gasteiger partial charge in [-0.05, 0) is 47.4 Å². The maximum atomic E-state index is 13.5. The van der Waals surface area contributed by atoms with E-state index in [0.717, 1.165) is 34.7 Å². The van der Waals surface area contributed by atoms with Gasteiger partial charge in [0.25, 0.3) is 0 Å². The van der Waals surface area contributed by atoms with E-state index in [2.05, 4.69) is 60.7 Å². The van der Waals surface area contributed by atoms with Crippen LogP contribution < -0.4 is 0 Å². The van der Waals surface area contributed by atoms with Crippen molar-refractivity contribution >= 4 is 33.0 Å². The highest BCUT2D eigenvalue weighted by molar-refractivity contribution is 7.86. The van der Waals surface area contributed by atoms with Crippen LogP contribution in [-0.4, -0.2) is 15.2 Å². The van der Waals surface area contributed by atoms with Gasteiger partial charge in [0.15, 0.2) is 0 Å². The zero-order valence-electron chi connectivity index (χ0n) is 15.5. The van der Waals surface area contributed by atoms with Crippen molar-refractivity contribution in [1.82, 2.24) is 0 Å². The zero-order chi connectivity index (χ0) is 18.9. The Balaban J connectivity index is 1.65. The Morgan fingerprint density at radius 3 is 2.61 bits per heavy atom.